The van der Waals surface area contributed by atoms with Gasteiger partial charge in [-0.15, -0.1) is 0 Å². The highest BCUT2D eigenvalue weighted by Crippen LogP contribution is 2.38. The van der Waals surface area contributed by atoms with E-state index in [1.54, 1.807) is 0 Å². The normalized spacial score (nSPS) is 18.3. The van der Waals surface area contributed by atoms with Crippen LogP contribution in [0.4, 0.5) is 0 Å². The maximum atomic E-state index is 13.0. The minimum Gasteiger partial charge on any atom is -0.492 e. The van der Waals surface area contributed by atoms with Gasteiger partial charge < -0.3 is 14.4 Å². The Hall–Kier alpha value is -3.38. The standard InChI is InChI=1S/C33H41N3O3/c1-27-10-2-4-14-30(27)39-25-32(37)36-20-17-33(18-21-36)16-8-6-12-28-11-3-5-15-31(28)38-23-22-35(26-33)24-29-13-7-9-19-34-29/h2-5,7,9-11,13-15,19H,6,8,12,16-18,20-26H2,1H3. The second kappa shape index (κ2) is 13.1. The summed E-state index contributed by atoms with van der Waals surface area (Å²) in [5.74, 6) is 1.88. The van der Waals surface area contributed by atoms with Crippen LogP contribution in [-0.2, 0) is 17.8 Å². The monoisotopic (exact) mass is 527 g/mol. The molecule has 39 heavy (non-hydrogen) atoms. The number of carbonyl (C=O) groups excluding carboxylic acids is 1. The smallest absolute Gasteiger partial charge is 0.260 e. The van der Waals surface area contributed by atoms with Crippen molar-refractivity contribution in [3.8, 4) is 11.5 Å². The van der Waals surface area contributed by atoms with Crippen LogP contribution in [0.25, 0.3) is 0 Å². The predicted molar refractivity (Wildman–Crippen MR) is 154 cm³/mol. The van der Waals surface area contributed by atoms with Gasteiger partial charge in [0.2, 0.25) is 0 Å². The van der Waals surface area contributed by atoms with Gasteiger partial charge in [0, 0.05) is 38.9 Å². The van der Waals surface area contributed by atoms with Crippen molar-refractivity contribution in [2.24, 2.45) is 5.41 Å². The largest absolute Gasteiger partial charge is 0.492 e. The summed E-state index contributed by atoms with van der Waals surface area (Å²) < 4.78 is 12.2. The topological polar surface area (TPSA) is 54.9 Å². The molecule has 1 aromatic heterocycles. The molecule has 2 aliphatic heterocycles. The van der Waals surface area contributed by atoms with E-state index in [1.807, 2.05) is 48.4 Å². The van der Waals surface area contributed by atoms with Gasteiger partial charge in [-0.25, -0.2) is 0 Å². The van der Waals surface area contributed by atoms with E-state index in [2.05, 4.69) is 46.3 Å². The van der Waals surface area contributed by atoms with E-state index in [4.69, 9.17) is 9.47 Å². The number of hydrogen-bond acceptors (Lipinski definition) is 5. The van der Waals surface area contributed by atoms with Crippen LogP contribution in [0.1, 0.15) is 48.9 Å². The van der Waals surface area contributed by atoms with Gasteiger partial charge in [0.15, 0.2) is 6.61 Å². The highest BCUT2D eigenvalue weighted by molar-refractivity contribution is 5.78. The van der Waals surface area contributed by atoms with Crippen LogP contribution < -0.4 is 9.47 Å². The fourth-order valence-corrected chi connectivity index (χ4v) is 6.03. The minimum atomic E-state index is 0.0802. The lowest BCUT2D eigenvalue weighted by Gasteiger charge is -2.45. The van der Waals surface area contributed by atoms with Crippen LogP contribution in [0.5, 0.6) is 11.5 Å². The second-order valence-corrected chi connectivity index (χ2v) is 11.1. The van der Waals surface area contributed by atoms with Crippen LogP contribution in [0.2, 0.25) is 0 Å². The lowest BCUT2D eigenvalue weighted by atomic mass is 9.73. The molecule has 0 bridgehead atoms. The first-order valence-electron chi connectivity index (χ1n) is 14.4. The van der Waals surface area contributed by atoms with Gasteiger partial charge in [-0.3, -0.25) is 14.7 Å². The Morgan fingerprint density at radius 1 is 0.949 bits per heavy atom. The van der Waals surface area contributed by atoms with E-state index in [-0.39, 0.29) is 17.9 Å². The van der Waals surface area contributed by atoms with Crippen molar-refractivity contribution in [2.75, 3.05) is 39.4 Å². The molecular weight excluding hydrogens is 486 g/mol. The number of nitrogens with zero attached hydrogens (tertiary/aromatic N) is 3. The molecule has 206 valence electrons. The fraction of sp³-hybridized carbons (Fsp3) is 0.455. The molecule has 6 heteroatoms. The molecule has 0 radical (unpaired) electrons. The Labute approximate surface area is 233 Å². The first-order chi connectivity index (χ1) is 19.1. The van der Waals surface area contributed by atoms with Crippen LogP contribution in [-0.4, -0.2) is 60.1 Å². The summed E-state index contributed by atoms with van der Waals surface area (Å²) in [6.45, 7) is 6.98. The van der Waals surface area contributed by atoms with Crippen molar-refractivity contribution >= 4 is 5.91 Å². The third-order valence-electron chi connectivity index (χ3n) is 8.33. The van der Waals surface area contributed by atoms with Crippen LogP contribution in [0, 0.1) is 12.3 Å². The Kier molecular flexibility index (Phi) is 9.15. The number of aryl methyl sites for hydroxylation is 2. The quantitative estimate of drug-likeness (QED) is 0.427. The zero-order chi connectivity index (χ0) is 26.9. The van der Waals surface area contributed by atoms with E-state index in [1.165, 1.54) is 18.4 Å². The van der Waals surface area contributed by atoms with Crippen molar-refractivity contribution in [1.29, 1.82) is 0 Å². The number of pyridine rings is 1. The molecule has 0 unspecified atom stereocenters. The molecule has 0 N–H and O–H groups in total. The molecule has 6 nitrogen and oxygen atoms in total. The van der Waals surface area contributed by atoms with Crippen molar-refractivity contribution in [3.05, 3.63) is 89.7 Å². The van der Waals surface area contributed by atoms with Crippen molar-refractivity contribution in [3.63, 3.8) is 0 Å². The first kappa shape index (κ1) is 27.2. The summed E-state index contributed by atoms with van der Waals surface area (Å²) in [5, 5.41) is 0. The van der Waals surface area contributed by atoms with Crippen molar-refractivity contribution in [2.45, 2.75) is 52.0 Å². The molecule has 2 aliphatic rings. The van der Waals surface area contributed by atoms with Gasteiger partial charge in [0.05, 0.1) is 5.69 Å². The Balaban J connectivity index is 1.26. The molecule has 1 fully saturated rings. The molecule has 3 heterocycles. The van der Waals surface area contributed by atoms with Gasteiger partial charge in [-0.2, -0.15) is 0 Å². The number of amides is 1. The number of para-hydroxylation sites is 2. The Bertz CT molecular complexity index is 1210. The maximum absolute atomic E-state index is 13.0. The molecule has 3 aromatic rings. The maximum Gasteiger partial charge on any atom is 0.260 e. The average Bonchev–Trinajstić information content (AvgIpc) is 2.96. The van der Waals surface area contributed by atoms with Gasteiger partial charge in [0.1, 0.15) is 18.1 Å². The third kappa shape index (κ3) is 7.39. The van der Waals surface area contributed by atoms with Crippen molar-refractivity contribution in [1.82, 2.24) is 14.8 Å². The van der Waals surface area contributed by atoms with E-state index < -0.39 is 0 Å². The number of fused-ring (bicyclic) bond motifs is 1. The number of carbonyl (C=O) groups is 1. The van der Waals surface area contributed by atoms with E-state index in [9.17, 15) is 4.79 Å². The molecular formula is C33H41N3O3. The third-order valence-corrected chi connectivity index (χ3v) is 8.33. The van der Waals surface area contributed by atoms with Crippen molar-refractivity contribution < 1.29 is 14.3 Å². The molecule has 0 aliphatic carbocycles. The van der Waals surface area contributed by atoms with Gasteiger partial charge in [0.25, 0.3) is 5.91 Å². The number of ether oxygens (including phenoxy) is 2. The second-order valence-electron chi connectivity index (χ2n) is 11.1. The average molecular weight is 528 g/mol. The van der Waals surface area contributed by atoms with E-state index >= 15 is 0 Å². The number of benzene rings is 2. The highest BCUT2D eigenvalue weighted by Gasteiger charge is 2.37. The van der Waals surface area contributed by atoms with Crippen LogP contribution in [0.15, 0.2) is 72.9 Å². The van der Waals surface area contributed by atoms with Crippen LogP contribution in [0.3, 0.4) is 0 Å². The molecule has 2 aromatic carbocycles. The van der Waals surface area contributed by atoms with Gasteiger partial charge in [-0.05, 0) is 79.8 Å². The lowest BCUT2D eigenvalue weighted by Crippen LogP contribution is -2.49. The number of likely N-dealkylation sites (tertiary alicyclic amines) is 1. The molecule has 0 saturated carbocycles. The molecule has 1 saturated heterocycles. The molecule has 0 atom stereocenters. The molecule has 1 spiro atoms. The molecule has 1 amide bonds. The summed E-state index contributed by atoms with van der Waals surface area (Å²) in [6.07, 6.45) is 8.45. The Morgan fingerprint density at radius 3 is 2.56 bits per heavy atom. The fourth-order valence-electron chi connectivity index (χ4n) is 6.03. The first-order valence-corrected chi connectivity index (χ1v) is 14.4. The van der Waals surface area contributed by atoms with Gasteiger partial charge >= 0.3 is 0 Å². The summed E-state index contributed by atoms with van der Waals surface area (Å²) in [7, 11) is 0. The molecule has 5 rings (SSSR count). The van der Waals surface area contributed by atoms with E-state index in [0.717, 1.165) is 81.2 Å². The SMILES string of the molecule is Cc1ccccc1OCC(=O)N1CCC2(CCCCc3ccccc3OCCN(Cc3ccccn3)C2)CC1. The zero-order valence-electron chi connectivity index (χ0n) is 23.2. The predicted octanol–water partition coefficient (Wildman–Crippen LogP) is 5.69. The summed E-state index contributed by atoms with van der Waals surface area (Å²) >= 11 is 0. The number of hydrogen-bond donors (Lipinski definition) is 0. The number of aromatic nitrogens is 1. The zero-order valence-corrected chi connectivity index (χ0v) is 23.2. The number of rotatable bonds is 5. The van der Waals surface area contributed by atoms with E-state index in [0.29, 0.717) is 6.61 Å². The Morgan fingerprint density at radius 2 is 1.74 bits per heavy atom. The summed E-state index contributed by atoms with van der Waals surface area (Å²) in [5.41, 5.74) is 3.62. The number of piperidine rings is 1. The minimum absolute atomic E-state index is 0.0802. The summed E-state index contributed by atoms with van der Waals surface area (Å²) in [4.78, 5) is 22.2. The summed E-state index contributed by atoms with van der Waals surface area (Å²) in [6, 6.07) is 22.5. The van der Waals surface area contributed by atoms with Crippen LogP contribution >= 0.6 is 0 Å². The highest BCUT2D eigenvalue weighted by atomic mass is 16.5. The lowest BCUT2D eigenvalue weighted by molar-refractivity contribution is -0.136. The van der Waals surface area contributed by atoms with Gasteiger partial charge in [-0.1, -0.05) is 48.9 Å².